The van der Waals surface area contributed by atoms with Crippen molar-refractivity contribution in [2.45, 2.75) is 65.0 Å². The molecular formula is C13H26N2O3. The predicted octanol–water partition coefficient (Wildman–Crippen LogP) is 1.51. The normalized spacial score (nSPS) is 15.8. The Labute approximate surface area is 109 Å². The van der Waals surface area contributed by atoms with E-state index in [2.05, 4.69) is 19.2 Å². The van der Waals surface area contributed by atoms with Crippen LogP contribution in [0, 0.1) is 5.92 Å². The van der Waals surface area contributed by atoms with Crippen molar-refractivity contribution < 1.29 is 14.7 Å². The van der Waals surface area contributed by atoms with Gasteiger partial charge in [0.25, 0.3) is 0 Å². The average molecular weight is 258 g/mol. The van der Waals surface area contributed by atoms with Crippen LogP contribution in [0.5, 0.6) is 0 Å². The van der Waals surface area contributed by atoms with Crippen LogP contribution in [-0.2, 0) is 9.59 Å². The molecule has 106 valence electrons. The molecule has 0 aliphatic heterocycles. The van der Waals surface area contributed by atoms with Crippen LogP contribution < -0.4 is 11.1 Å². The van der Waals surface area contributed by atoms with Gasteiger partial charge in [0.15, 0.2) is 0 Å². The number of carbonyl (C=O) groups excluding carboxylic acids is 1. The first-order valence-corrected chi connectivity index (χ1v) is 6.66. The zero-order chi connectivity index (χ0) is 14.1. The van der Waals surface area contributed by atoms with Gasteiger partial charge in [-0.15, -0.1) is 0 Å². The van der Waals surface area contributed by atoms with Gasteiger partial charge in [0.05, 0.1) is 12.5 Å². The van der Waals surface area contributed by atoms with Crippen LogP contribution in [0.1, 0.15) is 52.9 Å². The van der Waals surface area contributed by atoms with E-state index in [4.69, 9.17) is 10.8 Å². The topological polar surface area (TPSA) is 92.4 Å². The molecule has 3 atom stereocenters. The Morgan fingerprint density at radius 1 is 1.28 bits per heavy atom. The molecule has 0 spiro atoms. The fourth-order valence-electron chi connectivity index (χ4n) is 1.72. The molecule has 0 bridgehead atoms. The maximum absolute atomic E-state index is 11.6. The smallest absolute Gasteiger partial charge is 0.305 e. The lowest BCUT2D eigenvalue weighted by Gasteiger charge is -2.22. The van der Waals surface area contributed by atoms with Crippen molar-refractivity contribution in [1.82, 2.24) is 5.32 Å². The summed E-state index contributed by atoms with van der Waals surface area (Å²) in [6.07, 6.45) is 4.26. The highest BCUT2D eigenvalue weighted by Crippen LogP contribution is 2.13. The monoisotopic (exact) mass is 258 g/mol. The van der Waals surface area contributed by atoms with E-state index < -0.39 is 12.0 Å². The lowest BCUT2D eigenvalue weighted by molar-refractivity contribution is -0.139. The van der Waals surface area contributed by atoms with Crippen LogP contribution in [0.3, 0.4) is 0 Å². The van der Waals surface area contributed by atoms with Gasteiger partial charge in [-0.3, -0.25) is 9.59 Å². The second kappa shape index (κ2) is 8.91. The van der Waals surface area contributed by atoms with Crippen LogP contribution in [-0.4, -0.2) is 29.1 Å². The van der Waals surface area contributed by atoms with Gasteiger partial charge in [0.1, 0.15) is 0 Å². The number of hydrogen-bond acceptors (Lipinski definition) is 3. The maximum Gasteiger partial charge on any atom is 0.305 e. The highest BCUT2D eigenvalue weighted by molar-refractivity contribution is 5.86. The molecule has 0 aliphatic rings. The van der Waals surface area contributed by atoms with Crippen molar-refractivity contribution in [3.05, 3.63) is 0 Å². The summed E-state index contributed by atoms with van der Waals surface area (Å²) in [5.74, 6) is -1.06. The number of aliphatic carboxylic acids is 1. The summed E-state index contributed by atoms with van der Waals surface area (Å²) in [4.78, 5) is 22.1. The van der Waals surface area contributed by atoms with Gasteiger partial charge in [-0.2, -0.15) is 0 Å². The summed E-state index contributed by atoms with van der Waals surface area (Å²) >= 11 is 0. The van der Waals surface area contributed by atoms with Gasteiger partial charge in [0, 0.05) is 6.04 Å². The van der Waals surface area contributed by atoms with Crippen molar-refractivity contribution in [2.75, 3.05) is 0 Å². The van der Waals surface area contributed by atoms with Gasteiger partial charge >= 0.3 is 5.97 Å². The minimum absolute atomic E-state index is 0.0224. The van der Waals surface area contributed by atoms with Crippen molar-refractivity contribution in [3.63, 3.8) is 0 Å². The molecule has 0 aliphatic carbocycles. The second-order valence-corrected chi connectivity index (χ2v) is 4.97. The Bertz CT molecular complexity index is 269. The van der Waals surface area contributed by atoms with E-state index in [1.807, 2.05) is 6.92 Å². The molecule has 0 aromatic heterocycles. The molecule has 0 rings (SSSR count). The van der Waals surface area contributed by atoms with Gasteiger partial charge in [0.2, 0.25) is 5.91 Å². The molecule has 1 amide bonds. The number of carbonyl (C=O) groups is 2. The number of nitrogens with two attached hydrogens (primary N) is 1. The summed E-state index contributed by atoms with van der Waals surface area (Å²) in [7, 11) is 0. The Morgan fingerprint density at radius 3 is 2.39 bits per heavy atom. The molecule has 0 saturated carbocycles. The van der Waals surface area contributed by atoms with Gasteiger partial charge in [-0.05, 0) is 19.3 Å². The van der Waals surface area contributed by atoms with E-state index in [1.165, 1.54) is 12.8 Å². The standard InChI is InChI=1S/C13H26N2O3/c1-4-5-6-7-9(2)10(3)15-13(18)11(14)8-12(16)17/h9-11H,4-8,14H2,1-3H3,(H,15,18)(H,16,17)/t9-,10+,11-/m0/s1. The lowest BCUT2D eigenvalue weighted by Crippen LogP contribution is -2.47. The quantitative estimate of drug-likeness (QED) is 0.547. The maximum atomic E-state index is 11.6. The molecule has 18 heavy (non-hydrogen) atoms. The molecule has 0 unspecified atom stereocenters. The van der Waals surface area contributed by atoms with Gasteiger partial charge < -0.3 is 16.2 Å². The third-order valence-electron chi connectivity index (χ3n) is 3.22. The molecular weight excluding hydrogens is 232 g/mol. The summed E-state index contributed by atoms with van der Waals surface area (Å²) in [6, 6.07) is -0.943. The number of carboxylic acids is 1. The molecule has 0 heterocycles. The van der Waals surface area contributed by atoms with Crippen LogP contribution in [0.25, 0.3) is 0 Å². The Morgan fingerprint density at radius 2 is 1.89 bits per heavy atom. The third-order valence-corrected chi connectivity index (χ3v) is 3.22. The Balaban J connectivity index is 4.01. The zero-order valence-corrected chi connectivity index (χ0v) is 11.6. The van der Waals surface area contributed by atoms with E-state index in [9.17, 15) is 9.59 Å². The molecule has 0 aromatic carbocycles. The SMILES string of the molecule is CCCCC[C@H](C)[C@@H](C)NC(=O)[C@@H](N)CC(=O)O. The van der Waals surface area contributed by atoms with E-state index in [0.717, 1.165) is 12.8 Å². The summed E-state index contributed by atoms with van der Waals surface area (Å²) < 4.78 is 0. The largest absolute Gasteiger partial charge is 0.481 e. The highest BCUT2D eigenvalue weighted by atomic mass is 16.4. The highest BCUT2D eigenvalue weighted by Gasteiger charge is 2.20. The number of carboxylic acid groups (broad SMARTS) is 1. The Hall–Kier alpha value is -1.10. The number of amides is 1. The van der Waals surface area contributed by atoms with Crippen LogP contribution in [0.15, 0.2) is 0 Å². The molecule has 5 heteroatoms. The minimum atomic E-state index is -1.05. The summed E-state index contributed by atoms with van der Waals surface area (Å²) in [6.45, 7) is 6.17. The zero-order valence-electron chi connectivity index (χ0n) is 11.6. The van der Waals surface area contributed by atoms with Crippen molar-refractivity contribution in [3.8, 4) is 0 Å². The average Bonchev–Trinajstić information content (AvgIpc) is 2.28. The third kappa shape index (κ3) is 7.27. The molecule has 0 fully saturated rings. The molecule has 0 aromatic rings. The Kier molecular flexibility index (Phi) is 8.37. The van der Waals surface area contributed by atoms with Crippen LogP contribution in [0.2, 0.25) is 0 Å². The van der Waals surface area contributed by atoms with Gasteiger partial charge in [-0.25, -0.2) is 0 Å². The molecule has 5 nitrogen and oxygen atoms in total. The fourth-order valence-corrected chi connectivity index (χ4v) is 1.72. The van der Waals surface area contributed by atoms with E-state index in [0.29, 0.717) is 5.92 Å². The number of nitrogens with one attached hydrogen (secondary N) is 1. The first-order valence-electron chi connectivity index (χ1n) is 6.66. The van der Waals surface area contributed by atoms with E-state index in [-0.39, 0.29) is 18.4 Å². The molecule has 0 radical (unpaired) electrons. The first kappa shape index (κ1) is 16.9. The first-order chi connectivity index (χ1) is 8.38. The van der Waals surface area contributed by atoms with Gasteiger partial charge in [-0.1, -0.05) is 33.1 Å². The van der Waals surface area contributed by atoms with Crippen molar-refractivity contribution >= 4 is 11.9 Å². The van der Waals surface area contributed by atoms with Crippen LogP contribution >= 0.6 is 0 Å². The van der Waals surface area contributed by atoms with Crippen molar-refractivity contribution in [2.24, 2.45) is 11.7 Å². The van der Waals surface area contributed by atoms with E-state index in [1.54, 1.807) is 0 Å². The van der Waals surface area contributed by atoms with Crippen molar-refractivity contribution in [1.29, 1.82) is 0 Å². The molecule has 0 saturated heterocycles. The lowest BCUT2D eigenvalue weighted by atomic mass is 9.96. The number of rotatable bonds is 9. The predicted molar refractivity (Wildman–Crippen MR) is 71.1 cm³/mol. The minimum Gasteiger partial charge on any atom is -0.481 e. The summed E-state index contributed by atoms with van der Waals surface area (Å²) in [5.41, 5.74) is 5.50. The fraction of sp³-hybridized carbons (Fsp3) is 0.846. The second-order valence-electron chi connectivity index (χ2n) is 4.97. The number of unbranched alkanes of at least 4 members (excludes halogenated alkanes) is 2. The molecule has 4 N–H and O–H groups in total. The number of hydrogen-bond donors (Lipinski definition) is 3. The van der Waals surface area contributed by atoms with Crippen LogP contribution in [0.4, 0.5) is 0 Å². The summed E-state index contributed by atoms with van der Waals surface area (Å²) in [5, 5.41) is 11.3. The van der Waals surface area contributed by atoms with E-state index >= 15 is 0 Å².